The Balaban J connectivity index is 2.46. The maximum absolute atomic E-state index is 12.5. The fourth-order valence-electron chi connectivity index (χ4n) is 2.48. The molecule has 0 spiro atoms. The zero-order valence-corrected chi connectivity index (χ0v) is 11.8. The molecule has 3 aromatic rings. The highest BCUT2D eigenvalue weighted by molar-refractivity contribution is 6.00. The second-order valence-electron chi connectivity index (χ2n) is 4.83. The number of hydrogen-bond acceptors (Lipinski definition) is 5. The average Bonchev–Trinajstić information content (AvgIpc) is 2.60. The minimum absolute atomic E-state index is 0.0190. The van der Waals surface area contributed by atoms with Crippen LogP contribution in [0, 0.1) is 0 Å². The van der Waals surface area contributed by atoms with Crippen molar-refractivity contribution in [2.45, 2.75) is 0 Å². The van der Waals surface area contributed by atoms with E-state index in [2.05, 4.69) is 0 Å². The Morgan fingerprint density at radius 1 is 0.783 bits per heavy atom. The lowest BCUT2D eigenvalue weighted by molar-refractivity contribution is 0.109. The molecule has 3 rings (SSSR count). The summed E-state index contributed by atoms with van der Waals surface area (Å²) >= 11 is 0. The van der Waals surface area contributed by atoms with E-state index < -0.39 is 5.43 Å². The summed E-state index contributed by atoms with van der Waals surface area (Å²) in [6.07, 6.45) is 1.44. The lowest BCUT2D eigenvalue weighted by Gasteiger charge is -2.09. The van der Waals surface area contributed by atoms with Crippen LogP contribution in [0.1, 0.15) is 31.1 Å². The van der Waals surface area contributed by atoms with Gasteiger partial charge in [0, 0.05) is 16.7 Å². The largest absolute Gasteiger partial charge is 0.455 e. The molecule has 112 valence electrons. The summed E-state index contributed by atoms with van der Waals surface area (Å²) in [5.41, 5.74) is 0.0928. The highest BCUT2D eigenvalue weighted by Crippen LogP contribution is 2.28. The van der Waals surface area contributed by atoms with Crippen molar-refractivity contribution < 1.29 is 18.8 Å². The Bertz CT molecular complexity index is 998. The van der Waals surface area contributed by atoms with E-state index in [-0.39, 0.29) is 33.4 Å². The van der Waals surface area contributed by atoms with Crippen molar-refractivity contribution in [1.29, 1.82) is 0 Å². The van der Waals surface area contributed by atoms with Crippen molar-refractivity contribution in [1.82, 2.24) is 0 Å². The normalized spacial score (nSPS) is 10.4. The molecule has 0 aliphatic heterocycles. The summed E-state index contributed by atoms with van der Waals surface area (Å²) in [5, 5.41) is 0.276. The molecule has 0 atom stereocenters. The van der Waals surface area contributed by atoms with Gasteiger partial charge in [-0.1, -0.05) is 30.3 Å². The van der Waals surface area contributed by atoms with Crippen LogP contribution in [0.15, 0.2) is 51.7 Å². The first-order chi connectivity index (χ1) is 11.2. The molecule has 0 saturated heterocycles. The van der Waals surface area contributed by atoms with Crippen molar-refractivity contribution in [3.05, 3.63) is 69.4 Å². The van der Waals surface area contributed by atoms with Crippen molar-refractivity contribution in [3.8, 4) is 11.3 Å². The van der Waals surface area contributed by atoms with Crippen molar-refractivity contribution in [3.63, 3.8) is 0 Å². The molecule has 0 fully saturated rings. The molecule has 0 bridgehead atoms. The smallest absolute Gasteiger partial charge is 0.203 e. The zero-order chi connectivity index (χ0) is 16.4. The predicted octanol–water partition coefficient (Wildman–Crippen LogP) is 2.90. The van der Waals surface area contributed by atoms with Crippen LogP contribution in [-0.2, 0) is 0 Å². The molecule has 0 N–H and O–H groups in total. The Morgan fingerprint density at radius 2 is 1.52 bits per heavy atom. The quantitative estimate of drug-likeness (QED) is 0.692. The SMILES string of the molecule is O=Cc1cccc(-c2oc3ccccc3c(=O)c2C=O)c1C=O. The maximum Gasteiger partial charge on any atom is 0.203 e. The van der Waals surface area contributed by atoms with E-state index in [1.54, 1.807) is 30.3 Å². The van der Waals surface area contributed by atoms with E-state index in [1.807, 2.05) is 0 Å². The van der Waals surface area contributed by atoms with E-state index in [1.165, 1.54) is 12.1 Å². The first-order valence-corrected chi connectivity index (χ1v) is 6.76. The summed E-state index contributed by atoms with van der Waals surface area (Å²) in [6.45, 7) is 0. The third kappa shape index (κ3) is 2.28. The molecule has 1 heterocycles. The zero-order valence-electron chi connectivity index (χ0n) is 11.8. The van der Waals surface area contributed by atoms with Crippen LogP contribution in [0.3, 0.4) is 0 Å². The van der Waals surface area contributed by atoms with E-state index in [9.17, 15) is 19.2 Å². The fraction of sp³-hybridized carbons (Fsp3) is 0. The molecule has 0 radical (unpaired) electrons. The fourth-order valence-corrected chi connectivity index (χ4v) is 2.48. The Morgan fingerprint density at radius 3 is 2.22 bits per heavy atom. The van der Waals surface area contributed by atoms with Gasteiger partial charge < -0.3 is 4.42 Å². The maximum atomic E-state index is 12.5. The Labute approximate surface area is 130 Å². The topological polar surface area (TPSA) is 81.4 Å². The molecule has 0 unspecified atom stereocenters. The predicted molar refractivity (Wildman–Crippen MR) is 84.1 cm³/mol. The van der Waals surface area contributed by atoms with Gasteiger partial charge in [-0.3, -0.25) is 19.2 Å². The minimum atomic E-state index is -0.481. The molecule has 0 aliphatic carbocycles. The summed E-state index contributed by atoms with van der Waals surface area (Å²) in [6, 6.07) is 11.1. The first-order valence-electron chi connectivity index (χ1n) is 6.76. The molecular weight excluding hydrogens is 296 g/mol. The standard InChI is InChI=1S/C18H10O5/c19-8-11-4-3-6-12(14(11)9-20)18-15(10-21)17(22)13-5-1-2-7-16(13)23-18/h1-10H. The van der Waals surface area contributed by atoms with Gasteiger partial charge in [0.25, 0.3) is 0 Å². The molecule has 2 aromatic carbocycles. The summed E-state index contributed by atoms with van der Waals surface area (Å²) in [5.74, 6) is -0.0190. The van der Waals surface area contributed by atoms with Crippen LogP contribution in [0.25, 0.3) is 22.3 Å². The van der Waals surface area contributed by atoms with Crippen LogP contribution < -0.4 is 5.43 Å². The number of rotatable bonds is 4. The second kappa shape index (κ2) is 5.81. The average molecular weight is 306 g/mol. The number of aldehydes is 3. The number of carbonyl (C=O) groups excluding carboxylic acids is 3. The van der Waals surface area contributed by atoms with E-state index in [0.717, 1.165) is 0 Å². The number of benzene rings is 2. The summed E-state index contributed by atoms with van der Waals surface area (Å²) < 4.78 is 5.69. The van der Waals surface area contributed by atoms with Crippen LogP contribution in [0.2, 0.25) is 0 Å². The molecular formula is C18H10O5. The van der Waals surface area contributed by atoms with Gasteiger partial charge in [0.05, 0.1) is 5.39 Å². The summed E-state index contributed by atoms with van der Waals surface area (Å²) in [4.78, 5) is 46.3. The molecule has 0 amide bonds. The molecule has 1 aromatic heterocycles. The second-order valence-corrected chi connectivity index (χ2v) is 4.83. The van der Waals surface area contributed by atoms with Gasteiger partial charge in [-0.15, -0.1) is 0 Å². The molecule has 0 saturated carbocycles. The van der Waals surface area contributed by atoms with Crippen LogP contribution in [-0.4, -0.2) is 18.9 Å². The van der Waals surface area contributed by atoms with Gasteiger partial charge in [0.15, 0.2) is 18.9 Å². The molecule has 0 aliphatic rings. The minimum Gasteiger partial charge on any atom is -0.455 e. The van der Waals surface area contributed by atoms with Crippen LogP contribution >= 0.6 is 0 Å². The first kappa shape index (κ1) is 14.6. The van der Waals surface area contributed by atoms with Gasteiger partial charge in [-0.05, 0) is 12.1 Å². The van der Waals surface area contributed by atoms with Gasteiger partial charge in [0.2, 0.25) is 5.43 Å². The molecule has 5 heteroatoms. The highest BCUT2D eigenvalue weighted by Gasteiger charge is 2.19. The highest BCUT2D eigenvalue weighted by atomic mass is 16.3. The van der Waals surface area contributed by atoms with Crippen molar-refractivity contribution >= 4 is 29.8 Å². The third-order valence-corrected chi connectivity index (χ3v) is 3.58. The van der Waals surface area contributed by atoms with E-state index >= 15 is 0 Å². The van der Waals surface area contributed by atoms with E-state index in [0.29, 0.717) is 24.4 Å². The molecule has 5 nitrogen and oxygen atoms in total. The van der Waals surface area contributed by atoms with Crippen LogP contribution in [0.5, 0.6) is 0 Å². The van der Waals surface area contributed by atoms with Gasteiger partial charge >= 0.3 is 0 Å². The monoisotopic (exact) mass is 306 g/mol. The van der Waals surface area contributed by atoms with Gasteiger partial charge in [-0.25, -0.2) is 0 Å². The lowest BCUT2D eigenvalue weighted by atomic mass is 9.97. The molecule has 23 heavy (non-hydrogen) atoms. The van der Waals surface area contributed by atoms with Crippen molar-refractivity contribution in [2.24, 2.45) is 0 Å². The third-order valence-electron chi connectivity index (χ3n) is 3.58. The Kier molecular flexibility index (Phi) is 3.68. The van der Waals surface area contributed by atoms with Crippen LogP contribution in [0.4, 0.5) is 0 Å². The Hall–Kier alpha value is -3.34. The van der Waals surface area contributed by atoms with Crippen molar-refractivity contribution in [2.75, 3.05) is 0 Å². The number of fused-ring (bicyclic) bond motifs is 1. The number of para-hydroxylation sites is 1. The number of hydrogen-bond donors (Lipinski definition) is 0. The summed E-state index contributed by atoms with van der Waals surface area (Å²) in [7, 11) is 0. The van der Waals surface area contributed by atoms with Gasteiger partial charge in [-0.2, -0.15) is 0 Å². The lowest BCUT2D eigenvalue weighted by Crippen LogP contribution is -2.11. The van der Waals surface area contributed by atoms with E-state index in [4.69, 9.17) is 4.42 Å². The number of carbonyl (C=O) groups is 3. The van der Waals surface area contributed by atoms with Gasteiger partial charge in [0.1, 0.15) is 16.9 Å².